The summed E-state index contributed by atoms with van der Waals surface area (Å²) in [6.07, 6.45) is 1.49. The van der Waals surface area contributed by atoms with Crippen molar-refractivity contribution in [2.75, 3.05) is 32.0 Å². The van der Waals surface area contributed by atoms with Crippen LogP contribution in [-0.2, 0) is 9.59 Å². The van der Waals surface area contributed by atoms with Crippen LogP contribution in [0, 0.1) is 10.1 Å². The van der Waals surface area contributed by atoms with Gasteiger partial charge >= 0.3 is 0 Å². The van der Waals surface area contributed by atoms with Crippen LogP contribution in [0.4, 0.5) is 16.5 Å². The highest BCUT2D eigenvalue weighted by Crippen LogP contribution is 2.39. The number of ether oxygens (including phenoxy) is 3. The predicted octanol–water partition coefficient (Wildman–Crippen LogP) is 7.27. The number of aromatic nitrogens is 1. The Labute approximate surface area is 307 Å². The largest absolute Gasteiger partial charge is 0.493 e. The molecule has 13 nitrogen and oxygen atoms in total. The molecule has 5 rings (SSSR count). The van der Waals surface area contributed by atoms with Gasteiger partial charge in [-0.25, -0.2) is 4.98 Å². The maximum atomic E-state index is 13.7. The van der Waals surface area contributed by atoms with Crippen molar-refractivity contribution >= 4 is 63.4 Å². The number of rotatable bonds is 14. The highest BCUT2D eigenvalue weighted by molar-refractivity contribution is 8.00. The van der Waals surface area contributed by atoms with E-state index in [9.17, 15) is 24.5 Å². The summed E-state index contributed by atoms with van der Waals surface area (Å²) in [7, 11) is 4.43. The lowest BCUT2D eigenvalue weighted by Crippen LogP contribution is -2.30. The highest BCUT2D eigenvalue weighted by atomic mass is 32.2. The number of carbonyl (C=O) groups is 3. The minimum atomic E-state index is -0.603. The molecule has 0 bridgehead atoms. The zero-order valence-electron chi connectivity index (χ0n) is 28.4. The summed E-state index contributed by atoms with van der Waals surface area (Å²) in [5.41, 5.74) is 2.24. The van der Waals surface area contributed by atoms with Gasteiger partial charge in [-0.15, -0.1) is 23.1 Å². The Morgan fingerprint density at radius 1 is 0.885 bits per heavy atom. The first-order chi connectivity index (χ1) is 25.1. The average Bonchev–Trinajstić information content (AvgIpc) is 3.63. The molecule has 0 fully saturated rings. The highest BCUT2D eigenvalue weighted by Gasteiger charge is 2.20. The lowest BCUT2D eigenvalue weighted by Gasteiger charge is -2.15. The fourth-order valence-corrected chi connectivity index (χ4v) is 6.50. The molecule has 3 amide bonds. The number of nitro groups is 1. The van der Waals surface area contributed by atoms with Crippen molar-refractivity contribution in [2.24, 2.45) is 0 Å². The topological polar surface area (TPSA) is 171 Å². The fraction of sp³-hybridized carbons (Fsp3) is 0.135. The Balaban J connectivity index is 1.31. The molecule has 52 heavy (non-hydrogen) atoms. The minimum Gasteiger partial charge on any atom is -0.493 e. The van der Waals surface area contributed by atoms with Crippen molar-refractivity contribution in [2.45, 2.75) is 17.1 Å². The molecule has 1 aromatic heterocycles. The van der Waals surface area contributed by atoms with Crippen LogP contribution in [0.25, 0.3) is 17.3 Å². The zero-order valence-corrected chi connectivity index (χ0v) is 30.0. The summed E-state index contributed by atoms with van der Waals surface area (Å²) in [5, 5.41) is 21.0. The molecule has 0 aliphatic carbocycles. The van der Waals surface area contributed by atoms with E-state index >= 15 is 0 Å². The van der Waals surface area contributed by atoms with Crippen molar-refractivity contribution in [1.29, 1.82) is 0 Å². The van der Waals surface area contributed by atoms with Crippen molar-refractivity contribution in [3.63, 3.8) is 0 Å². The third-order valence-electron chi connectivity index (χ3n) is 7.39. The standard InChI is InChI=1S/C37H33N5O8S2/c1-22(34(43)41-37-40-30(21-51-37)25-12-8-14-27(19-25)42(46)47)52-28-15-9-13-26(20-28)38-36(45)29(39-35(44)24-10-6-5-7-11-24)16-23-17-31(48-2)33(50-4)32(18-23)49-3/h5-22H,1-4H3,(H,38,45)(H,39,44)(H,40,41,43)/b29-16+. The lowest BCUT2D eigenvalue weighted by atomic mass is 10.1. The number of methoxy groups -OCH3 is 3. The number of nitrogens with one attached hydrogen (secondary N) is 3. The van der Waals surface area contributed by atoms with Crippen molar-refractivity contribution in [1.82, 2.24) is 10.3 Å². The van der Waals surface area contributed by atoms with Crippen molar-refractivity contribution in [3.05, 3.63) is 123 Å². The summed E-state index contributed by atoms with van der Waals surface area (Å²) in [6, 6.07) is 24.8. The van der Waals surface area contributed by atoms with E-state index in [0.717, 1.165) is 0 Å². The number of anilines is 2. The van der Waals surface area contributed by atoms with Gasteiger partial charge in [-0.3, -0.25) is 24.5 Å². The van der Waals surface area contributed by atoms with Gasteiger partial charge in [0.15, 0.2) is 16.6 Å². The first-order valence-corrected chi connectivity index (χ1v) is 17.3. The summed E-state index contributed by atoms with van der Waals surface area (Å²) < 4.78 is 16.3. The second-order valence-electron chi connectivity index (χ2n) is 10.9. The number of carbonyl (C=O) groups excluding carboxylic acids is 3. The monoisotopic (exact) mass is 739 g/mol. The van der Waals surface area contributed by atoms with Crippen LogP contribution < -0.4 is 30.2 Å². The quantitative estimate of drug-likeness (QED) is 0.0455. The molecule has 4 aromatic carbocycles. The van der Waals surface area contributed by atoms with Gasteiger partial charge in [-0.2, -0.15) is 0 Å². The molecule has 1 atom stereocenters. The van der Waals surface area contributed by atoms with Gasteiger partial charge in [-0.1, -0.05) is 36.4 Å². The Hall–Kier alpha value is -6.19. The number of benzene rings is 4. The van der Waals surface area contributed by atoms with Gasteiger partial charge < -0.3 is 30.2 Å². The van der Waals surface area contributed by atoms with Gasteiger partial charge in [0.05, 0.1) is 37.2 Å². The number of hydrogen-bond acceptors (Lipinski definition) is 11. The number of thiazole rings is 1. The van der Waals surface area contributed by atoms with Crippen LogP contribution in [-0.4, -0.2) is 54.2 Å². The number of nitrogens with zero attached hydrogens (tertiary/aromatic N) is 2. The van der Waals surface area contributed by atoms with E-state index in [1.165, 1.54) is 62.6 Å². The molecule has 0 saturated carbocycles. The fourth-order valence-electron chi connectivity index (χ4n) is 4.85. The van der Waals surface area contributed by atoms with Crippen molar-refractivity contribution < 1.29 is 33.5 Å². The van der Waals surface area contributed by atoms with E-state index in [0.29, 0.717) is 55.3 Å². The molecule has 0 radical (unpaired) electrons. The smallest absolute Gasteiger partial charge is 0.272 e. The first kappa shape index (κ1) is 37.1. The van der Waals surface area contributed by atoms with Gasteiger partial charge in [0.2, 0.25) is 11.7 Å². The van der Waals surface area contributed by atoms with Gasteiger partial charge in [0.1, 0.15) is 5.70 Å². The second kappa shape index (κ2) is 17.2. The Kier molecular flexibility index (Phi) is 12.2. The van der Waals surface area contributed by atoms with Crippen LogP contribution >= 0.6 is 23.1 Å². The Morgan fingerprint density at radius 3 is 2.27 bits per heavy atom. The molecule has 0 saturated heterocycles. The zero-order chi connectivity index (χ0) is 37.2. The Morgan fingerprint density at radius 2 is 1.60 bits per heavy atom. The summed E-state index contributed by atoms with van der Waals surface area (Å²) in [6.45, 7) is 1.73. The molecule has 1 unspecified atom stereocenters. The van der Waals surface area contributed by atoms with Gasteiger partial charge in [0.25, 0.3) is 17.5 Å². The molecule has 0 aliphatic rings. The number of nitro benzene ring substituents is 1. The van der Waals surface area contributed by atoms with E-state index in [-0.39, 0.29) is 17.3 Å². The molecule has 266 valence electrons. The molecule has 3 N–H and O–H groups in total. The van der Waals surface area contributed by atoms with Gasteiger partial charge in [0, 0.05) is 39.2 Å². The molecular weight excluding hydrogens is 707 g/mol. The summed E-state index contributed by atoms with van der Waals surface area (Å²) in [4.78, 5) is 55.8. The average molecular weight is 740 g/mol. The van der Waals surface area contributed by atoms with E-state index < -0.39 is 22.0 Å². The second-order valence-corrected chi connectivity index (χ2v) is 13.2. The minimum absolute atomic E-state index is 0.0534. The lowest BCUT2D eigenvalue weighted by molar-refractivity contribution is -0.384. The van der Waals surface area contributed by atoms with E-state index in [4.69, 9.17) is 14.2 Å². The molecular formula is C37H33N5O8S2. The van der Waals surface area contributed by atoms with E-state index in [1.54, 1.807) is 91.2 Å². The van der Waals surface area contributed by atoms with Crippen LogP contribution in [0.15, 0.2) is 107 Å². The number of thioether (sulfide) groups is 1. The Bertz CT molecular complexity index is 2110. The number of hydrogen-bond donors (Lipinski definition) is 3. The van der Waals surface area contributed by atoms with E-state index in [2.05, 4.69) is 20.9 Å². The third-order valence-corrected chi connectivity index (χ3v) is 9.24. The number of non-ortho nitro benzene ring substituents is 1. The molecule has 15 heteroatoms. The van der Waals surface area contributed by atoms with Gasteiger partial charge in [-0.05, 0) is 61.0 Å². The summed E-state index contributed by atoms with van der Waals surface area (Å²) in [5.74, 6) is -0.301. The van der Waals surface area contributed by atoms with Crippen molar-refractivity contribution in [3.8, 4) is 28.5 Å². The third kappa shape index (κ3) is 9.32. The van der Waals surface area contributed by atoms with Crippen LogP contribution in [0.2, 0.25) is 0 Å². The molecule has 5 aromatic rings. The molecule has 0 aliphatic heterocycles. The normalized spacial score (nSPS) is 11.6. The van der Waals surface area contributed by atoms with E-state index in [1.807, 2.05) is 0 Å². The summed E-state index contributed by atoms with van der Waals surface area (Å²) >= 11 is 2.47. The predicted molar refractivity (Wildman–Crippen MR) is 201 cm³/mol. The van der Waals surface area contributed by atoms with Crippen LogP contribution in [0.3, 0.4) is 0 Å². The first-order valence-electron chi connectivity index (χ1n) is 15.6. The number of amides is 3. The molecule has 1 heterocycles. The molecule has 0 spiro atoms. The van der Waals surface area contributed by atoms with Crippen LogP contribution in [0.5, 0.6) is 17.2 Å². The SMILES string of the molecule is COc1cc(/C=C(/NC(=O)c2ccccc2)C(=O)Nc2cccc(SC(C)C(=O)Nc3nc(-c4cccc([N+](=O)[O-])c4)cs3)c2)cc(OC)c1OC. The maximum Gasteiger partial charge on any atom is 0.272 e. The maximum absolute atomic E-state index is 13.7. The van der Waals surface area contributed by atoms with Crippen LogP contribution in [0.1, 0.15) is 22.8 Å².